The van der Waals surface area contributed by atoms with Crippen molar-refractivity contribution in [2.45, 2.75) is 26.3 Å². The van der Waals surface area contributed by atoms with Gasteiger partial charge in [0.1, 0.15) is 23.3 Å². The quantitative estimate of drug-likeness (QED) is 0.584. The van der Waals surface area contributed by atoms with Crippen molar-refractivity contribution >= 4 is 11.9 Å². The predicted molar refractivity (Wildman–Crippen MR) is 99.5 cm³/mol. The number of carbonyl (C=O) groups excluding carboxylic acids is 1. The van der Waals surface area contributed by atoms with Gasteiger partial charge >= 0.3 is 5.97 Å². The van der Waals surface area contributed by atoms with Gasteiger partial charge in [0.2, 0.25) is 0 Å². The minimum absolute atomic E-state index is 0.154. The number of carboxylic acids is 1. The molecule has 144 valence electrons. The zero-order chi connectivity index (χ0) is 19.8. The van der Waals surface area contributed by atoms with Crippen molar-refractivity contribution in [3.63, 3.8) is 0 Å². The number of phenolic OH excluding ortho intramolecular Hbond substituents is 1. The van der Waals surface area contributed by atoms with Gasteiger partial charge in [-0.3, -0.25) is 9.59 Å². The fourth-order valence-corrected chi connectivity index (χ4v) is 2.33. The summed E-state index contributed by atoms with van der Waals surface area (Å²) in [5.41, 5.74) is 1.10. The van der Waals surface area contributed by atoms with Gasteiger partial charge in [0.25, 0.3) is 5.91 Å². The molecule has 0 aromatic heterocycles. The second-order valence-corrected chi connectivity index (χ2v) is 6.06. The Morgan fingerprint density at radius 3 is 2.33 bits per heavy atom. The maximum atomic E-state index is 12.1. The number of amides is 1. The van der Waals surface area contributed by atoms with Crippen LogP contribution in [0.15, 0.2) is 42.5 Å². The van der Waals surface area contributed by atoms with Gasteiger partial charge in [-0.2, -0.15) is 0 Å². The van der Waals surface area contributed by atoms with Crippen LogP contribution in [-0.2, 0) is 4.79 Å². The van der Waals surface area contributed by atoms with E-state index in [1.54, 1.807) is 49.4 Å². The Labute approximate surface area is 157 Å². The van der Waals surface area contributed by atoms with Crippen LogP contribution >= 0.6 is 0 Å². The highest BCUT2D eigenvalue weighted by Gasteiger charge is 2.16. The molecule has 0 aliphatic heterocycles. The number of ether oxygens (including phenoxy) is 2. The van der Waals surface area contributed by atoms with Crippen LogP contribution in [0.5, 0.6) is 17.2 Å². The van der Waals surface area contributed by atoms with E-state index in [1.807, 2.05) is 0 Å². The number of carboxylic acid groups (broad SMARTS) is 1. The Morgan fingerprint density at radius 1 is 1.07 bits per heavy atom. The Kier molecular flexibility index (Phi) is 7.05. The predicted octanol–water partition coefficient (Wildman–Crippen LogP) is 2.75. The average Bonchev–Trinajstić information content (AvgIpc) is 2.61. The van der Waals surface area contributed by atoms with Crippen LogP contribution in [0.2, 0.25) is 0 Å². The second-order valence-electron chi connectivity index (χ2n) is 6.06. The molecule has 0 unspecified atom stereocenters. The Bertz CT molecular complexity index is 805. The molecule has 7 nitrogen and oxygen atoms in total. The van der Waals surface area contributed by atoms with Crippen molar-refractivity contribution in [2.75, 3.05) is 13.2 Å². The van der Waals surface area contributed by atoms with Gasteiger partial charge in [0.05, 0.1) is 13.2 Å². The summed E-state index contributed by atoms with van der Waals surface area (Å²) in [7, 11) is 0. The van der Waals surface area contributed by atoms with E-state index in [0.29, 0.717) is 42.3 Å². The summed E-state index contributed by atoms with van der Waals surface area (Å²) in [5, 5.41) is 20.6. The van der Waals surface area contributed by atoms with Crippen LogP contribution < -0.4 is 14.8 Å². The number of benzene rings is 2. The van der Waals surface area contributed by atoms with Gasteiger partial charge < -0.3 is 25.0 Å². The summed E-state index contributed by atoms with van der Waals surface area (Å²) in [6, 6.07) is 10.6. The van der Waals surface area contributed by atoms with E-state index >= 15 is 0 Å². The largest absolute Gasteiger partial charge is 0.508 e. The van der Waals surface area contributed by atoms with Crippen molar-refractivity contribution in [3.05, 3.63) is 53.6 Å². The molecule has 27 heavy (non-hydrogen) atoms. The molecule has 0 saturated heterocycles. The number of aryl methyl sites for hydroxylation is 1. The number of aromatic hydroxyl groups is 1. The molecule has 0 radical (unpaired) electrons. The monoisotopic (exact) mass is 373 g/mol. The lowest BCUT2D eigenvalue weighted by molar-refractivity contribution is -0.138. The molecule has 0 spiro atoms. The zero-order valence-electron chi connectivity index (χ0n) is 15.3. The van der Waals surface area contributed by atoms with Gasteiger partial charge in [0, 0.05) is 18.1 Å². The van der Waals surface area contributed by atoms with E-state index in [-0.39, 0.29) is 5.75 Å². The molecule has 2 aromatic carbocycles. The number of carbonyl (C=O) groups is 2. The first-order valence-corrected chi connectivity index (χ1v) is 8.56. The van der Waals surface area contributed by atoms with Crippen LogP contribution in [0.4, 0.5) is 0 Å². The summed E-state index contributed by atoms with van der Waals surface area (Å²) >= 11 is 0. The SMILES string of the molecule is Cc1cc(OCCCOc2cccc(O)c2)ccc1C(=O)N[C@@H](C)C(=O)O. The van der Waals surface area contributed by atoms with Gasteiger partial charge in [-0.15, -0.1) is 0 Å². The lowest BCUT2D eigenvalue weighted by atomic mass is 10.1. The Morgan fingerprint density at radius 2 is 1.74 bits per heavy atom. The smallest absolute Gasteiger partial charge is 0.325 e. The number of rotatable bonds is 9. The van der Waals surface area contributed by atoms with Crippen molar-refractivity contribution in [1.29, 1.82) is 0 Å². The molecule has 7 heteroatoms. The summed E-state index contributed by atoms with van der Waals surface area (Å²) in [5.74, 6) is -0.159. The number of phenols is 1. The molecule has 0 saturated carbocycles. The lowest BCUT2D eigenvalue weighted by Gasteiger charge is -2.13. The summed E-state index contributed by atoms with van der Waals surface area (Å²) in [6.07, 6.45) is 0.646. The molecule has 2 rings (SSSR count). The first kappa shape index (κ1) is 20.1. The first-order chi connectivity index (χ1) is 12.9. The van der Waals surface area contributed by atoms with Crippen LogP contribution in [0, 0.1) is 6.92 Å². The molecule has 2 aromatic rings. The van der Waals surface area contributed by atoms with Crippen molar-refractivity contribution in [2.24, 2.45) is 0 Å². The van der Waals surface area contributed by atoms with E-state index < -0.39 is 17.9 Å². The lowest BCUT2D eigenvalue weighted by Crippen LogP contribution is -2.38. The minimum atomic E-state index is -1.09. The first-order valence-electron chi connectivity index (χ1n) is 8.56. The maximum Gasteiger partial charge on any atom is 0.325 e. The molecular formula is C20H23NO6. The average molecular weight is 373 g/mol. The molecule has 1 atom stereocenters. The van der Waals surface area contributed by atoms with Crippen LogP contribution in [0.3, 0.4) is 0 Å². The normalized spacial score (nSPS) is 11.5. The zero-order valence-corrected chi connectivity index (χ0v) is 15.3. The number of hydrogen-bond donors (Lipinski definition) is 3. The van der Waals surface area contributed by atoms with E-state index in [1.165, 1.54) is 6.92 Å². The molecule has 0 fully saturated rings. The van der Waals surface area contributed by atoms with E-state index in [0.717, 1.165) is 0 Å². The standard InChI is InChI=1S/C20H23NO6/c1-13-11-17(7-8-18(13)19(23)21-14(2)20(24)25)27-10-4-9-26-16-6-3-5-15(22)12-16/h3,5-8,11-12,14,22H,4,9-10H2,1-2H3,(H,21,23)(H,24,25)/t14-/m0/s1. The topological polar surface area (TPSA) is 105 Å². The third-order valence-electron chi connectivity index (χ3n) is 3.80. The van der Waals surface area contributed by atoms with Gasteiger partial charge in [-0.1, -0.05) is 6.07 Å². The highest BCUT2D eigenvalue weighted by Crippen LogP contribution is 2.19. The number of nitrogens with one attached hydrogen (secondary N) is 1. The molecule has 0 heterocycles. The van der Waals surface area contributed by atoms with Gasteiger partial charge in [0.15, 0.2) is 0 Å². The third kappa shape index (κ3) is 6.22. The minimum Gasteiger partial charge on any atom is -0.508 e. The second kappa shape index (κ2) is 9.47. The molecular weight excluding hydrogens is 350 g/mol. The number of hydrogen-bond acceptors (Lipinski definition) is 5. The number of aliphatic carboxylic acids is 1. The highest BCUT2D eigenvalue weighted by atomic mass is 16.5. The molecule has 0 aliphatic carbocycles. The maximum absolute atomic E-state index is 12.1. The fourth-order valence-electron chi connectivity index (χ4n) is 2.33. The van der Waals surface area contributed by atoms with E-state index in [2.05, 4.69) is 5.32 Å². The van der Waals surface area contributed by atoms with Gasteiger partial charge in [-0.05, 0) is 49.7 Å². The van der Waals surface area contributed by atoms with Crippen molar-refractivity contribution in [3.8, 4) is 17.2 Å². The molecule has 3 N–H and O–H groups in total. The summed E-state index contributed by atoms with van der Waals surface area (Å²) in [4.78, 5) is 22.9. The fraction of sp³-hybridized carbons (Fsp3) is 0.300. The third-order valence-corrected chi connectivity index (χ3v) is 3.80. The van der Waals surface area contributed by atoms with Crippen LogP contribution in [-0.4, -0.2) is 41.3 Å². The van der Waals surface area contributed by atoms with Crippen molar-refractivity contribution in [1.82, 2.24) is 5.32 Å². The molecule has 0 aliphatic rings. The van der Waals surface area contributed by atoms with E-state index in [4.69, 9.17) is 14.6 Å². The van der Waals surface area contributed by atoms with Crippen LogP contribution in [0.25, 0.3) is 0 Å². The summed E-state index contributed by atoms with van der Waals surface area (Å²) < 4.78 is 11.2. The molecule has 1 amide bonds. The Balaban J connectivity index is 1.79. The van der Waals surface area contributed by atoms with Crippen molar-refractivity contribution < 1.29 is 29.3 Å². The van der Waals surface area contributed by atoms with Crippen LogP contribution in [0.1, 0.15) is 29.3 Å². The highest BCUT2D eigenvalue weighted by molar-refractivity contribution is 5.97. The van der Waals surface area contributed by atoms with Gasteiger partial charge in [-0.25, -0.2) is 0 Å². The summed E-state index contributed by atoms with van der Waals surface area (Å²) in [6.45, 7) is 4.04. The van der Waals surface area contributed by atoms with E-state index in [9.17, 15) is 14.7 Å². The molecule has 0 bridgehead atoms. The Hall–Kier alpha value is -3.22.